The van der Waals surface area contributed by atoms with E-state index in [0.717, 1.165) is 12.0 Å². The van der Waals surface area contributed by atoms with E-state index in [1.165, 1.54) is 0 Å². The number of rotatable bonds is 7. The molecule has 0 aliphatic rings. The van der Waals surface area contributed by atoms with E-state index in [4.69, 9.17) is 18.6 Å². The molecule has 0 radical (unpaired) electrons. The van der Waals surface area contributed by atoms with E-state index in [0.29, 0.717) is 22.3 Å². The van der Waals surface area contributed by atoms with Crippen LogP contribution >= 0.6 is 0 Å². The molecule has 29 heavy (non-hydrogen) atoms. The Morgan fingerprint density at radius 3 is 2.45 bits per heavy atom. The zero-order valence-corrected chi connectivity index (χ0v) is 17.0. The highest BCUT2D eigenvalue weighted by Gasteiger charge is 2.24. The van der Waals surface area contributed by atoms with Gasteiger partial charge in [-0.05, 0) is 62.2 Å². The Kier molecular flexibility index (Phi) is 6.22. The van der Waals surface area contributed by atoms with E-state index in [-0.39, 0.29) is 23.5 Å². The van der Waals surface area contributed by atoms with Gasteiger partial charge in [-0.1, -0.05) is 13.0 Å². The number of carbonyl (C=O) groups excluding carboxylic acids is 1. The van der Waals surface area contributed by atoms with Gasteiger partial charge in [0.1, 0.15) is 11.3 Å². The van der Waals surface area contributed by atoms with Crippen LogP contribution in [0.3, 0.4) is 0 Å². The second-order valence-electron chi connectivity index (χ2n) is 6.51. The number of fused-ring (bicyclic) bond motifs is 1. The van der Waals surface area contributed by atoms with Crippen molar-refractivity contribution in [3.63, 3.8) is 0 Å². The zero-order chi connectivity index (χ0) is 21.0. The number of aryl methyl sites for hydroxylation is 1. The molecule has 0 spiro atoms. The lowest BCUT2D eigenvalue weighted by Crippen LogP contribution is -2.28. The number of hydrogen-bond acceptors (Lipinski definition) is 6. The van der Waals surface area contributed by atoms with Crippen LogP contribution in [0.15, 0.2) is 51.7 Å². The summed E-state index contributed by atoms with van der Waals surface area (Å²) >= 11 is 0. The monoisotopic (exact) mass is 396 g/mol. The van der Waals surface area contributed by atoms with Crippen molar-refractivity contribution in [1.29, 1.82) is 0 Å². The van der Waals surface area contributed by atoms with Gasteiger partial charge < -0.3 is 18.6 Å². The SMILES string of the molecule is CCOC(=O)[C@@H](C)Oc1c(-c2ccc(OC)cc2)oc2ccc(CC)cc2c1=O. The second-order valence-corrected chi connectivity index (χ2v) is 6.51. The third kappa shape index (κ3) is 4.26. The Bertz CT molecular complexity index is 1070. The highest BCUT2D eigenvalue weighted by molar-refractivity contribution is 5.83. The van der Waals surface area contributed by atoms with Gasteiger partial charge in [-0.25, -0.2) is 4.79 Å². The summed E-state index contributed by atoms with van der Waals surface area (Å²) in [6.45, 7) is 5.49. The Morgan fingerprint density at radius 1 is 1.10 bits per heavy atom. The van der Waals surface area contributed by atoms with Gasteiger partial charge >= 0.3 is 5.97 Å². The lowest BCUT2D eigenvalue weighted by molar-refractivity contribution is -0.150. The minimum Gasteiger partial charge on any atom is -0.497 e. The number of ether oxygens (including phenoxy) is 3. The molecule has 6 heteroatoms. The molecule has 1 heterocycles. The topological polar surface area (TPSA) is 75.0 Å². The molecule has 0 aliphatic heterocycles. The zero-order valence-electron chi connectivity index (χ0n) is 17.0. The second kappa shape index (κ2) is 8.82. The first-order valence-electron chi connectivity index (χ1n) is 9.55. The van der Waals surface area contributed by atoms with E-state index in [9.17, 15) is 9.59 Å². The molecule has 0 fully saturated rings. The number of methoxy groups -OCH3 is 1. The van der Waals surface area contributed by atoms with Crippen LogP contribution in [0.5, 0.6) is 11.5 Å². The van der Waals surface area contributed by atoms with Crippen LogP contribution in [0.4, 0.5) is 0 Å². The van der Waals surface area contributed by atoms with Crippen LogP contribution in [0.25, 0.3) is 22.3 Å². The molecule has 0 amide bonds. The van der Waals surface area contributed by atoms with Gasteiger partial charge in [0.15, 0.2) is 11.9 Å². The van der Waals surface area contributed by atoms with Gasteiger partial charge in [0.25, 0.3) is 0 Å². The number of carbonyl (C=O) groups is 1. The minimum atomic E-state index is -0.957. The average Bonchev–Trinajstić information content (AvgIpc) is 2.75. The molecule has 2 aromatic carbocycles. The Labute approximate surface area is 169 Å². The van der Waals surface area contributed by atoms with Crippen LogP contribution in [0, 0.1) is 0 Å². The molecule has 0 saturated heterocycles. The van der Waals surface area contributed by atoms with Gasteiger partial charge in [0.2, 0.25) is 11.2 Å². The number of hydrogen-bond donors (Lipinski definition) is 0. The molecule has 1 atom stereocenters. The first-order valence-corrected chi connectivity index (χ1v) is 9.55. The molecule has 0 N–H and O–H groups in total. The van der Waals surface area contributed by atoms with Crippen molar-refractivity contribution in [2.75, 3.05) is 13.7 Å². The highest BCUT2D eigenvalue weighted by Crippen LogP contribution is 2.33. The third-order valence-corrected chi connectivity index (χ3v) is 4.59. The maximum atomic E-state index is 13.3. The van der Waals surface area contributed by atoms with E-state index >= 15 is 0 Å². The van der Waals surface area contributed by atoms with Crippen molar-refractivity contribution in [2.24, 2.45) is 0 Å². The molecular weight excluding hydrogens is 372 g/mol. The lowest BCUT2D eigenvalue weighted by Gasteiger charge is -2.16. The number of benzene rings is 2. The predicted molar refractivity (Wildman–Crippen MR) is 111 cm³/mol. The molecule has 3 aromatic rings. The normalized spacial score (nSPS) is 11.9. The van der Waals surface area contributed by atoms with E-state index in [1.54, 1.807) is 57.4 Å². The highest BCUT2D eigenvalue weighted by atomic mass is 16.6. The third-order valence-electron chi connectivity index (χ3n) is 4.59. The molecule has 152 valence electrons. The van der Waals surface area contributed by atoms with Crippen molar-refractivity contribution in [1.82, 2.24) is 0 Å². The fraction of sp³-hybridized carbons (Fsp3) is 0.304. The fourth-order valence-corrected chi connectivity index (χ4v) is 2.97. The lowest BCUT2D eigenvalue weighted by atomic mass is 10.1. The van der Waals surface area contributed by atoms with Crippen molar-refractivity contribution >= 4 is 16.9 Å². The molecule has 3 rings (SSSR count). The summed E-state index contributed by atoms with van der Waals surface area (Å²) in [5.41, 5.74) is 1.76. The quantitative estimate of drug-likeness (QED) is 0.553. The van der Waals surface area contributed by atoms with Gasteiger partial charge in [-0.3, -0.25) is 4.79 Å². The van der Waals surface area contributed by atoms with Crippen LogP contribution in [-0.2, 0) is 16.0 Å². The smallest absolute Gasteiger partial charge is 0.347 e. The van der Waals surface area contributed by atoms with E-state index in [1.807, 2.05) is 13.0 Å². The Morgan fingerprint density at radius 2 is 1.83 bits per heavy atom. The Balaban J connectivity index is 2.18. The van der Waals surface area contributed by atoms with Gasteiger partial charge in [-0.2, -0.15) is 0 Å². The summed E-state index contributed by atoms with van der Waals surface area (Å²) in [4.78, 5) is 25.3. The van der Waals surface area contributed by atoms with Gasteiger partial charge in [0.05, 0.1) is 19.1 Å². The fourth-order valence-electron chi connectivity index (χ4n) is 2.97. The summed E-state index contributed by atoms with van der Waals surface area (Å²) in [5, 5.41) is 0.410. The standard InChI is InChI=1S/C23H24O6/c1-5-15-7-12-19-18(13-15)20(24)22(28-14(3)23(25)27-6-2)21(29-19)16-8-10-17(26-4)11-9-16/h7-14H,5-6H2,1-4H3/t14-/m1/s1. The predicted octanol–water partition coefficient (Wildman–Crippen LogP) is 4.36. The van der Waals surface area contributed by atoms with Crippen LogP contribution in [-0.4, -0.2) is 25.8 Å². The van der Waals surface area contributed by atoms with E-state index < -0.39 is 12.1 Å². The van der Waals surface area contributed by atoms with Crippen LogP contribution in [0.1, 0.15) is 26.3 Å². The maximum Gasteiger partial charge on any atom is 0.347 e. The van der Waals surface area contributed by atoms with Crippen molar-refractivity contribution in [2.45, 2.75) is 33.3 Å². The summed E-state index contributed by atoms with van der Waals surface area (Å²) in [6.07, 6.45) is -0.174. The molecule has 6 nitrogen and oxygen atoms in total. The summed E-state index contributed by atoms with van der Waals surface area (Å²) < 4.78 is 22.0. The van der Waals surface area contributed by atoms with Gasteiger partial charge in [0, 0.05) is 5.56 Å². The van der Waals surface area contributed by atoms with Crippen LogP contribution < -0.4 is 14.9 Å². The molecular formula is C23H24O6. The summed E-state index contributed by atoms with van der Waals surface area (Å²) in [6, 6.07) is 12.6. The molecule has 0 bridgehead atoms. The summed E-state index contributed by atoms with van der Waals surface area (Å²) in [7, 11) is 1.58. The first kappa shape index (κ1) is 20.5. The van der Waals surface area contributed by atoms with E-state index in [2.05, 4.69) is 0 Å². The molecule has 1 aromatic heterocycles. The maximum absolute atomic E-state index is 13.3. The molecule has 0 saturated carbocycles. The first-order chi connectivity index (χ1) is 14.0. The minimum absolute atomic E-state index is 0.0172. The van der Waals surface area contributed by atoms with Gasteiger partial charge in [-0.15, -0.1) is 0 Å². The number of esters is 1. The Hall–Kier alpha value is -3.28. The summed E-state index contributed by atoms with van der Waals surface area (Å²) in [5.74, 6) is 0.365. The van der Waals surface area contributed by atoms with Crippen molar-refractivity contribution < 1.29 is 23.4 Å². The molecule has 0 unspecified atom stereocenters. The average molecular weight is 396 g/mol. The largest absolute Gasteiger partial charge is 0.497 e. The molecule has 0 aliphatic carbocycles. The van der Waals surface area contributed by atoms with Crippen molar-refractivity contribution in [3.8, 4) is 22.8 Å². The van der Waals surface area contributed by atoms with Crippen molar-refractivity contribution in [3.05, 3.63) is 58.3 Å². The van der Waals surface area contributed by atoms with Crippen LogP contribution in [0.2, 0.25) is 0 Å².